The summed E-state index contributed by atoms with van der Waals surface area (Å²) in [6.45, 7) is 0.767. The molecule has 1 saturated heterocycles. The van der Waals surface area contributed by atoms with Crippen LogP contribution < -0.4 is 9.62 Å². The largest absolute Gasteiger partial charge is 0.312 e. The molecule has 4 rings (SSSR count). The van der Waals surface area contributed by atoms with Crippen molar-refractivity contribution in [3.63, 3.8) is 0 Å². The van der Waals surface area contributed by atoms with Crippen LogP contribution in [-0.4, -0.2) is 30.3 Å². The van der Waals surface area contributed by atoms with E-state index >= 15 is 0 Å². The van der Waals surface area contributed by atoms with E-state index in [1.165, 1.54) is 12.1 Å². The number of pyridine rings is 1. The molecule has 0 bridgehead atoms. The van der Waals surface area contributed by atoms with Crippen molar-refractivity contribution in [1.29, 1.82) is 0 Å². The molecule has 3 heterocycles. The quantitative estimate of drug-likeness (QED) is 0.744. The maximum absolute atomic E-state index is 12.5. The van der Waals surface area contributed by atoms with Crippen LogP contribution in [0.15, 0.2) is 59.8 Å². The van der Waals surface area contributed by atoms with Gasteiger partial charge in [-0.15, -0.1) is 0 Å². The molecule has 1 fully saturated rings. The summed E-state index contributed by atoms with van der Waals surface area (Å²) in [4.78, 5) is 17.9. The lowest BCUT2D eigenvalue weighted by atomic mass is 10.3. The first-order valence-corrected chi connectivity index (χ1v) is 9.84. The minimum atomic E-state index is -3.67. The van der Waals surface area contributed by atoms with Gasteiger partial charge in [0.25, 0.3) is 0 Å². The van der Waals surface area contributed by atoms with E-state index in [4.69, 9.17) is 0 Å². The molecule has 0 saturated carbocycles. The molecule has 26 heavy (non-hydrogen) atoms. The molecule has 2 aromatic heterocycles. The Morgan fingerprint density at radius 3 is 2.65 bits per heavy atom. The Bertz CT molecular complexity index is 1060. The third-order valence-corrected chi connectivity index (χ3v) is 5.88. The summed E-state index contributed by atoms with van der Waals surface area (Å²) in [7, 11) is -3.67. The van der Waals surface area contributed by atoms with Crippen LogP contribution in [0.2, 0.25) is 0 Å². The SMILES string of the molecule is O=C1CCCN1c1ccc(S(=O)(=O)NCc2ncc3ccccn23)cc1. The van der Waals surface area contributed by atoms with Gasteiger partial charge in [0, 0.05) is 24.8 Å². The third kappa shape index (κ3) is 3.09. The predicted molar refractivity (Wildman–Crippen MR) is 97.2 cm³/mol. The van der Waals surface area contributed by atoms with Crippen molar-refractivity contribution in [2.45, 2.75) is 24.3 Å². The molecule has 0 spiro atoms. The van der Waals surface area contributed by atoms with E-state index in [0.29, 0.717) is 18.8 Å². The first-order chi connectivity index (χ1) is 12.5. The van der Waals surface area contributed by atoms with Crippen LogP contribution in [0.4, 0.5) is 5.69 Å². The van der Waals surface area contributed by atoms with E-state index in [-0.39, 0.29) is 17.3 Å². The number of rotatable bonds is 5. The van der Waals surface area contributed by atoms with Crippen LogP contribution in [0.5, 0.6) is 0 Å². The molecule has 1 N–H and O–H groups in total. The number of benzene rings is 1. The number of imidazole rings is 1. The van der Waals surface area contributed by atoms with Gasteiger partial charge in [0.15, 0.2) is 0 Å². The maximum Gasteiger partial charge on any atom is 0.240 e. The fourth-order valence-corrected chi connectivity index (χ4v) is 4.08. The van der Waals surface area contributed by atoms with Gasteiger partial charge in [0.2, 0.25) is 15.9 Å². The summed E-state index contributed by atoms with van der Waals surface area (Å²) in [5.41, 5.74) is 1.63. The summed E-state index contributed by atoms with van der Waals surface area (Å²) < 4.78 is 29.5. The molecule has 0 radical (unpaired) electrons. The molecule has 1 aromatic carbocycles. The Morgan fingerprint density at radius 1 is 1.12 bits per heavy atom. The zero-order valence-electron chi connectivity index (χ0n) is 14.0. The minimum absolute atomic E-state index is 0.0740. The van der Waals surface area contributed by atoms with Crippen LogP contribution in [0.3, 0.4) is 0 Å². The van der Waals surface area contributed by atoms with Crippen LogP contribution in [-0.2, 0) is 21.4 Å². The molecule has 0 aliphatic carbocycles. The van der Waals surface area contributed by atoms with Gasteiger partial charge in [0.1, 0.15) is 5.82 Å². The number of fused-ring (bicyclic) bond motifs is 1. The van der Waals surface area contributed by atoms with E-state index in [1.54, 1.807) is 23.2 Å². The number of carbonyl (C=O) groups is 1. The highest BCUT2D eigenvalue weighted by atomic mass is 32.2. The zero-order valence-corrected chi connectivity index (χ0v) is 14.8. The van der Waals surface area contributed by atoms with Crippen molar-refractivity contribution >= 4 is 27.1 Å². The number of nitrogens with zero attached hydrogens (tertiary/aromatic N) is 3. The molecule has 0 atom stereocenters. The molecule has 1 amide bonds. The fourth-order valence-electron chi connectivity index (χ4n) is 3.10. The Labute approximate surface area is 151 Å². The van der Waals surface area contributed by atoms with Gasteiger partial charge < -0.3 is 9.30 Å². The second-order valence-electron chi connectivity index (χ2n) is 6.14. The van der Waals surface area contributed by atoms with Crippen molar-refractivity contribution < 1.29 is 13.2 Å². The number of sulfonamides is 1. The van der Waals surface area contributed by atoms with Gasteiger partial charge in [0.05, 0.1) is 23.2 Å². The average molecular weight is 370 g/mol. The molecule has 134 valence electrons. The van der Waals surface area contributed by atoms with Crippen molar-refractivity contribution in [3.8, 4) is 0 Å². The average Bonchev–Trinajstić information content (AvgIpc) is 3.26. The predicted octanol–water partition coefficient (Wildman–Crippen LogP) is 1.94. The number of carbonyl (C=O) groups excluding carboxylic acids is 1. The van der Waals surface area contributed by atoms with Gasteiger partial charge in [-0.3, -0.25) is 4.79 Å². The lowest BCUT2D eigenvalue weighted by Gasteiger charge is -2.16. The first kappa shape index (κ1) is 16.7. The summed E-state index contributed by atoms with van der Waals surface area (Å²) in [5, 5.41) is 0. The monoisotopic (exact) mass is 370 g/mol. The lowest BCUT2D eigenvalue weighted by molar-refractivity contribution is -0.117. The molecule has 1 aliphatic heterocycles. The standard InChI is InChI=1S/C18H18N4O3S/c23-18-5-3-11-22(18)14-6-8-16(9-7-14)26(24,25)20-13-17-19-12-15-4-1-2-10-21(15)17/h1-2,4,6-10,12,20H,3,5,11,13H2. The minimum Gasteiger partial charge on any atom is -0.312 e. The van der Waals surface area contributed by atoms with Crippen LogP contribution >= 0.6 is 0 Å². The van der Waals surface area contributed by atoms with E-state index in [1.807, 2.05) is 28.8 Å². The van der Waals surface area contributed by atoms with Crippen LogP contribution in [0.25, 0.3) is 5.52 Å². The van der Waals surface area contributed by atoms with Gasteiger partial charge in [-0.1, -0.05) is 6.07 Å². The Kier molecular flexibility index (Phi) is 4.21. The Balaban J connectivity index is 1.50. The van der Waals surface area contributed by atoms with Gasteiger partial charge in [-0.2, -0.15) is 0 Å². The third-order valence-electron chi connectivity index (χ3n) is 4.47. The van der Waals surface area contributed by atoms with Gasteiger partial charge in [-0.25, -0.2) is 18.1 Å². The number of anilines is 1. The van der Waals surface area contributed by atoms with E-state index in [2.05, 4.69) is 9.71 Å². The number of nitrogens with one attached hydrogen (secondary N) is 1. The number of amides is 1. The molecule has 0 unspecified atom stereocenters. The summed E-state index contributed by atoms with van der Waals surface area (Å²) in [5.74, 6) is 0.688. The number of aromatic nitrogens is 2. The van der Waals surface area contributed by atoms with Gasteiger partial charge >= 0.3 is 0 Å². The summed E-state index contributed by atoms with van der Waals surface area (Å²) in [6.07, 6.45) is 4.91. The summed E-state index contributed by atoms with van der Waals surface area (Å²) in [6, 6.07) is 12.1. The molecule has 3 aromatic rings. The Hall–Kier alpha value is -2.71. The smallest absolute Gasteiger partial charge is 0.240 e. The highest BCUT2D eigenvalue weighted by Gasteiger charge is 2.22. The van der Waals surface area contributed by atoms with Crippen molar-refractivity contribution in [2.24, 2.45) is 0 Å². The Morgan fingerprint density at radius 2 is 1.92 bits per heavy atom. The molecule has 1 aliphatic rings. The highest BCUT2D eigenvalue weighted by Crippen LogP contribution is 2.23. The summed E-state index contributed by atoms with van der Waals surface area (Å²) >= 11 is 0. The second kappa shape index (κ2) is 6.54. The van der Waals surface area contributed by atoms with Gasteiger partial charge in [-0.05, 0) is 42.8 Å². The van der Waals surface area contributed by atoms with Crippen LogP contribution in [0.1, 0.15) is 18.7 Å². The van der Waals surface area contributed by atoms with Crippen molar-refractivity contribution in [3.05, 3.63) is 60.7 Å². The molecular weight excluding hydrogens is 352 g/mol. The fraction of sp³-hybridized carbons (Fsp3) is 0.222. The highest BCUT2D eigenvalue weighted by molar-refractivity contribution is 7.89. The van der Waals surface area contributed by atoms with Crippen molar-refractivity contribution in [2.75, 3.05) is 11.4 Å². The maximum atomic E-state index is 12.5. The zero-order chi connectivity index (χ0) is 18.1. The molecule has 7 nitrogen and oxygen atoms in total. The normalized spacial score (nSPS) is 15.1. The van der Waals surface area contributed by atoms with E-state index < -0.39 is 10.0 Å². The van der Waals surface area contributed by atoms with E-state index in [0.717, 1.165) is 17.6 Å². The lowest BCUT2D eigenvalue weighted by Crippen LogP contribution is -2.25. The van der Waals surface area contributed by atoms with Crippen LogP contribution in [0, 0.1) is 0 Å². The van der Waals surface area contributed by atoms with E-state index in [9.17, 15) is 13.2 Å². The molecular formula is C18H18N4O3S. The molecule has 8 heteroatoms. The number of hydrogen-bond acceptors (Lipinski definition) is 4. The second-order valence-corrected chi connectivity index (χ2v) is 7.90. The first-order valence-electron chi connectivity index (χ1n) is 8.36. The topological polar surface area (TPSA) is 83.8 Å². The van der Waals surface area contributed by atoms with Crippen molar-refractivity contribution in [1.82, 2.24) is 14.1 Å². The number of hydrogen-bond donors (Lipinski definition) is 1.